The third-order valence-corrected chi connectivity index (χ3v) is 5.04. The number of hydrogen-bond acceptors (Lipinski definition) is 3. The van der Waals surface area contributed by atoms with E-state index >= 15 is 0 Å². The first-order valence-electron chi connectivity index (χ1n) is 10.6. The van der Waals surface area contributed by atoms with Crippen molar-refractivity contribution >= 4 is 0 Å². The second-order valence-corrected chi connectivity index (χ2v) is 7.43. The molecule has 0 saturated carbocycles. The molecule has 0 saturated heterocycles. The lowest BCUT2D eigenvalue weighted by atomic mass is 10.1. The lowest BCUT2D eigenvalue weighted by Gasteiger charge is -2.31. The van der Waals surface area contributed by atoms with Gasteiger partial charge in [-0.2, -0.15) is 0 Å². The van der Waals surface area contributed by atoms with Gasteiger partial charge in [-0.15, -0.1) is 0 Å². The Hall–Kier alpha value is 0.0600. The van der Waals surface area contributed by atoms with E-state index in [0.717, 1.165) is 12.8 Å². The molecule has 0 aromatic heterocycles. The summed E-state index contributed by atoms with van der Waals surface area (Å²) in [5.41, 5.74) is 0. The lowest BCUT2D eigenvalue weighted by Crippen LogP contribution is -3.00. The number of nitrogens with zero attached hydrogens (tertiary/aromatic N) is 1. The number of aliphatic hydroxyl groups is 3. The summed E-state index contributed by atoms with van der Waals surface area (Å²) < 4.78 is -0.0105. The zero-order valence-electron chi connectivity index (χ0n) is 17.0. The maximum atomic E-state index is 9.25. The van der Waals surface area contributed by atoms with Gasteiger partial charge in [-0.05, 0) is 38.5 Å². The van der Waals surface area contributed by atoms with Crippen LogP contribution in [0, 0.1) is 0 Å². The van der Waals surface area contributed by atoms with E-state index in [1.54, 1.807) is 0 Å². The molecule has 4 nitrogen and oxygen atoms in total. The summed E-state index contributed by atoms with van der Waals surface area (Å²) in [4.78, 5) is 0. The summed E-state index contributed by atoms with van der Waals surface area (Å²) >= 11 is 0. The van der Waals surface area contributed by atoms with Gasteiger partial charge < -0.3 is 32.3 Å². The largest absolute Gasteiger partial charge is 1.00 e. The van der Waals surface area contributed by atoms with Crippen LogP contribution in [0.15, 0.2) is 12.2 Å². The van der Waals surface area contributed by atoms with Crippen LogP contribution in [0.1, 0.15) is 96.8 Å². The van der Waals surface area contributed by atoms with Gasteiger partial charge in [-0.25, -0.2) is 0 Å². The van der Waals surface area contributed by atoms with Crippen molar-refractivity contribution in [2.24, 2.45) is 0 Å². The number of unbranched alkanes of at least 4 members (excludes halogenated alkanes) is 12. The first-order valence-corrected chi connectivity index (χ1v) is 10.6. The highest BCUT2D eigenvalue weighted by Crippen LogP contribution is 2.12. The molecule has 0 bridgehead atoms. The van der Waals surface area contributed by atoms with Gasteiger partial charge in [0, 0.05) is 0 Å². The first-order chi connectivity index (χ1) is 12.2. The van der Waals surface area contributed by atoms with E-state index in [1.807, 2.05) is 0 Å². The van der Waals surface area contributed by atoms with E-state index in [9.17, 15) is 15.3 Å². The van der Waals surface area contributed by atoms with Crippen molar-refractivity contribution in [3.63, 3.8) is 0 Å². The van der Waals surface area contributed by atoms with Crippen molar-refractivity contribution in [1.29, 1.82) is 0 Å². The standard InChI is InChI=1S/C21H44NO3.BrH/c1-2-3-4-5-6-7-8-9-10-11-12-13-14-15-16-17-18-22(19-23,20-24)21-25;/h9-10,23-25H,2-8,11-21H2,1H3;1H/q+1;/p-1/b10-9-;. The molecule has 0 aliphatic carbocycles. The zero-order chi connectivity index (χ0) is 18.6. The molecule has 0 unspecified atom stereocenters. The van der Waals surface area contributed by atoms with Gasteiger partial charge in [0.15, 0.2) is 20.2 Å². The van der Waals surface area contributed by atoms with E-state index in [1.165, 1.54) is 77.0 Å². The van der Waals surface area contributed by atoms with Crippen LogP contribution in [0.3, 0.4) is 0 Å². The third-order valence-electron chi connectivity index (χ3n) is 5.04. The Labute approximate surface area is 172 Å². The van der Waals surface area contributed by atoms with Crippen LogP contribution in [-0.4, -0.2) is 46.5 Å². The van der Waals surface area contributed by atoms with Crippen molar-refractivity contribution in [1.82, 2.24) is 0 Å². The molecular formula is C21H44BrNO3. The summed E-state index contributed by atoms with van der Waals surface area (Å²) in [6.07, 6.45) is 22.5. The third kappa shape index (κ3) is 16.2. The van der Waals surface area contributed by atoms with E-state index < -0.39 is 0 Å². The molecule has 158 valence electrons. The summed E-state index contributed by atoms with van der Waals surface area (Å²) in [5, 5.41) is 27.7. The normalized spacial score (nSPS) is 11.8. The Morgan fingerprint density at radius 1 is 0.577 bits per heavy atom. The minimum atomic E-state index is -0.196. The molecule has 0 aromatic rings. The number of aliphatic hydroxyl groups excluding tert-OH is 3. The highest BCUT2D eigenvalue weighted by molar-refractivity contribution is 4.81. The minimum Gasteiger partial charge on any atom is -1.00 e. The highest BCUT2D eigenvalue weighted by atomic mass is 79.9. The van der Waals surface area contributed by atoms with Gasteiger partial charge in [-0.1, -0.05) is 70.4 Å². The van der Waals surface area contributed by atoms with Gasteiger partial charge in [0.25, 0.3) is 0 Å². The fourth-order valence-corrected chi connectivity index (χ4v) is 3.04. The van der Waals surface area contributed by atoms with Crippen molar-refractivity contribution in [2.75, 3.05) is 26.7 Å². The number of halogens is 1. The van der Waals surface area contributed by atoms with Crippen molar-refractivity contribution in [3.8, 4) is 0 Å². The minimum absolute atomic E-state index is 0. The van der Waals surface area contributed by atoms with Crippen LogP contribution in [0.2, 0.25) is 0 Å². The van der Waals surface area contributed by atoms with Crippen molar-refractivity contribution < 1.29 is 36.8 Å². The average Bonchev–Trinajstić information content (AvgIpc) is 2.65. The van der Waals surface area contributed by atoms with Crippen LogP contribution in [0.4, 0.5) is 0 Å². The summed E-state index contributed by atoms with van der Waals surface area (Å²) in [7, 11) is 0. The summed E-state index contributed by atoms with van der Waals surface area (Å²) in [5.74, 6) is 0. The van der Waals surface area contributed by atoms with Crippen LogP contribution in [-0.2, 0) is 0 Å². The highest BCUT2D eigenvalue weighted by Gasteiger charge is 2.23. The summed E-state index contributed by atoms with van der Waals surface area (Å²) in [6.45, 7) is 2.32. The fourth-order valence-electron chi connectivity index (χ4n) is 3.04. The molecule has 0 aliphatic heterocycles. The molecule has 5 heteroatoms. The second-order valence-electron chi connectivity index (χ2n) is 7.43. The molecule has 0 spiro atoms. The topological polar surface area (TPSA) is 60.7 Å². The van der Waals surface area contributed by atoms with Crippen LogP contribution < -0.4 is 17.0 Å². The van der Waals surface area contributed by atoms with E-state index in [-0.39, 0.29) is 41.7 Å². The van der Waals surface area contributed by atoms with Crippen molar-refractivity contribution in [2.45, 2.75) is 96.8 Å². The van der Waals surface area contributed by atoms with Crippen molar-refractivity contribution in [3.05, 3.63) is 12.2 Å². The molecule has 3 N–H and O–H groups in total. The maximum Gasteiger partial charge on any atom is 0.183 e. The van der Waals surface area contributed by atoms with E-state index in [2.05, 4.69) is 19.1 Å². The Kier molecular flexibility index (Phi) is 23.2. The molecule has 26 heavy (non-hydrogen) atoms. The molecule has 0 rings (SSSR count). The first kappa shape index (κ1) is 28.3. The molecular weight excluding hydrogens is 394 g/mol. The van der Waals surface area contributed by atoms with E-state index in [4.69, 9.17) is 0 Å². The summed E-state index contributed by atoms with van der Waals surface area (Å²) in [6, 6.07) is 0. The number of hydrogen-bond donors (Lipinski definition) is 3. The predicted octanol–water partition coefficient (Wildman–Crippen LogP) is 1.69. The SMILES string of the molecule is CCCCCCCC/C=C\CCCCCCCC[N+](CO)(CO)CO.[Br-]. The molecule has 0 aliphatic rings. The monoisotopic (exact) mass is 437 g/mol. The Bertz CT molecular complexity index is 289. The number of quaternary nitrogens is 1. The number of rotatable bonds is 19. The Balaban J connectivity index is 0. The van der Waals surface area contributed by atoms with E-state index in [0.29, 0.717) is 6.54 Å². The predicted molar refractivity (Wildman–Crippen MR) is 106 cm³/mol. The molecule has 0 atom stereocenters. The Morgan fingerprint density at radius 2 is 0.962 bits per heavy atom. The number of allylic oxidation sites excluding steroid dienone is 2. The van der Waals surface area contributed by atoms with Gasteiger partial charge in [0.1, 0.15) is 0 Å². The van der Waals surface area contributed by atoms with Gasteiger partial charge in [-0.3, -0.25) is 4.48 Å². The second kappa shape index (κ2) is 21.4. The molecule has 0 aromatic carbocycles. The molecule has 0 fully saturated rings. The smallest absolute Gasteiger partial charge is 0.183 e. The van der Waals surface area contributed by atoms with Gasteiger partial charge >= 0.3 is 0 Å². The quantitative estimate of drug-likeness (QED) is 0.125. The van der Waals surface area contributed by atoms with Crippen LogP contribution in [0.5, 0.6) is 0 Å². The maximum absolute atomic E-state index is 9.25. The molecule has 0 amide bonds. The zero-order valence-corrected chi connectivity index (χ0v) is 18.6. The molecule has 0 heterocycles. The van der Waals surface area contributed by atoms with Crippen LogP contribution >= 0.6 is 0 Å². The van der Waals surface area contributed by atoms with Gasteiger partial charge in [0.2, 0.25) is 0 Å². The lowest BCUT2D eigenvalue weighted by molar-refractivity contribution is -0.976. The molecule has 0 radical (unpaired) electrons. The van der Waals surface area contributed by atoms with Gasteiger partial charge in [0.05, 0.1) is 6.54 Å². The van der Waals surface area contributed by atoms with Crippen LogP contribution in [0.25, 0.3) is 0 Å². The Morgan fingerprint density at radius 3 is 1.38 bits per heavy atom. The average molecular weight is 438 g/mol. The fraction of sp³-hybridized carbons (Fsp3) is 0.905.